The molecule has 1 aromatic rings. The summed E-state index contributed by atoms with van der Waals surface area (Å²) in [5.74, 6) is 1.58. The fraction of sp³-hybridized carbons (Fsp3) is 0.615. The van der Waals surface area contributed by atoms with Crippen molar-refractivity contribution in [3.8, 4) is 0 Å². The molecule has 0 aliphatic heterocycles. The summed E-state index contributed by atoms with van der Waals surface area (Å²) in [5.41, 5.74) is 1.15. The summed E-state index contributed by atoms with van der Waals surface area (Å²) in [5, 5.41) is 3.25. The molecule has 0 radical (unpaired) electrons. The molecule has 1 rings (SSSR count). The Kier molecular flexibility index (Phi) is 6.52. The summed E-state index contributed by atoms with van der Waals surface area (Å²) in [6.07, 6.45) is 2.97. The van der Waals surface area contributed by atoms with Crippen molar-refractivity contribution in [2.75, 3.05) is 25.1 Å². The lowest BCUT2D eigenvalue weighted by atomic mass is 10.1. The van der Waals surface area contributed by atoms with E-state index in [1.807, 2.05) is 13.1 Å². The number of pyridine rings is 1. The van der Waals surface area contributed by atoms with E-state index < -0.39 is 0 Å². The van der Waals surface area contributed by atoms with Crippen molar-refractivity contribution in [2.24, 2.45) is 5.92 Å². The van der Waals surface area contributed by atoms with Crippen LogP contribution >= 0.6 is 15.9 Å². The van der Waals surface area contributed by atoms with Crippen molar-refractivity contribution in [1.82, 2.24) is 4.98 Å². The second kappa shape index (κ2) is 7.67. The molecule has 0 bridgehead atoms. The smallest absolute Gasteiger partial charge is 0.140 e. The predicted octanol–water partition coefficient (Wildman–Crippen LogP) is 3.63. The van der Waals surface area contributed by atoms with Crippen LogP contribution in [0.4, 0.5) is 5.82 Å². The van der Waals surface area contributed by atoms with Crippen LogP contribution in [0.15, 0.2) is 16.7 Å². The molecular weight excluding hydrogens is 280 g/mol. The average Bonchev–Trinajstić information content (AvgIpc) is 2.25. The third-order valence-corrected chi connectivity index (χ3v) is 2.96. The molecule has 0 saturated carbocycles. The molecule has 0 unspecified atom stereocenters. The Hall–Kier alpha value is -0.610. The third-order valence-electron chi connectivity index (χ3n) is 2.36. The number of rotatable bonds is 7. The van der Waals surface area contributed by atoms with E-state index >= 15 is 0 Å². The Labute approximate surface area is 112 Å². The van der Waals surface area contributed by atoms with Crippen molar-refractivity contribution < 1.29 is 4.74 Å². The van der Waals surface area contributed by atoms with Gasteiger partial charge in [0.25, 0.3) is 0 Å². The molecule has 17 heavy (non-hydrogen) atoms. The summed E-state index contributed by atoms with van der Waals surface area (Å²) in [4.78, 5) is 4.31. The molecular formula is C13H21BrN2O. The number of halogens is 1. The van der Waals surface area contributed by atoms with Gasteiger partial charge in [-0.3, -0.25) is 0 Å². The minimum Gasteiger partial charge on any atom is -0.380 e. The third kappa shape index (κ3) is 6.03. The van der Waals surface area contributed by atoms with E-state index in [-0.39, 0.29) is 0 Å². The number of aryl methyl sites for hydroxylation is 1. The average molecular weight is 301 g/mol. The van der Waals surface area contributed by atoms with Gasteiger partial charge in [0.2, 0.25) is 0 Å². The molecule has 1 N–H and O–H groups in total. The van der Waals surface area contributed by atoms with Crippen molar-refractivity contribution >= 4 is 21.7 Å². The quantitative estimate of drug-likeness (QED) is 0.781. The van der Waals surface area contributed by atoms with Gasteiger partial charge in [-0.1, -0.05) is 13.8 Å². The summed E-state index contributed by atoms with van der Waals surface area (Å²) >= 11 is 3.48. The number of hydrogen-bond donors (Lipinski definition) is 1. The lowest BCUT2D eigenvalue weighted by Crippen LogP contribution is -2.12. The monoisotopic (exact) mass is 300 g/mol. The zero-order valence-electron chi connectivity index (χ0n) is 10.8. The standard InChI is InChI=1S/C13H21BrN2O/c1-10(2)4-6-17-7-5-15-13-12(14)8-11(3)9-16-13/h8-10H,4-7H2,1-3H3,(H,15,16). The van der Waals surface area contributed by atoms with Gasteiger partial charge in [0.1, 0.15) is 5.82 Å². The first-order chi connectivity index (χ1) is 8.09. The summed E-state index contributed by atoms with van der Waals surface area (Å²) in [6.45, 7) is 8.77. The van der Waals surface area contributed by atoms with Crippen LogP contribution in [0, 0.1) is 12.8 Å². The summed E-state index contributed by atoms with van der Waals surface area (Å²) in [7, 11) is 0. The van der Waals surface area contributed by atoms with Crippen LogP contribution in [0.3, 0.4) is 0 Å². The molecule has 0 fully saturated rings. The molecule has 0 aromatic carbocycles. The Morgan fingerprint density at radius 1 is 1.41 bits per heavy atom. The molecule has 4 heteroatoms. The number of nitrogens with zero attached hydrogens (tertiary/aromatic N) is 1. The van der Waals surface area contributed by atoms with Gasteiger partial charge < -0.3 is 10.1 Å². The molecule has 1 aromatic heterocycles. The molecule has 0 amide bonds. The first kappa shape index (κ1) is 14.5. The first-order valence-corrected chi connectivity index (χ1v) is 6.82. The second-order valence-corrected chi connectivity index (χ2v) is 5.42. The van der Waals surface area contributed by atoms with Gasteiger partial charge in [-0.2, -0.15) is 0 Å². The van der Waals surface area contributed by atoms with Crippen molar-refractivity contribution in [3.05, 3.63) is 22.3 Å². The van der Waals surface area contributed by atoms with Gasteiger partial charge in [0.05, 0.1) is 11.1 Å². The van der Waals surface area contributed by atoms with E-state index in [9.17, 15) is 0 Å². The summed E-state index contributed by atoms with van der Waals surface area (Å²) < 4.78 is 6.52. The molecule has 0 aliphatic rings. The highest BCUT2D eigenvalue weighted by Gasteiger charge is 2.00. The fourth-order valence-corrected chi connectivity index (χ4v) is 1.93. The number of aromatic nitrogens is 1. The van der Waals surface area contributed by atoms with Crippen LogP contribution in [-0.2, 0) is 4.74 Å². The highest BCUT2D eigenvalue weighted by molar-refractivity contribution is 9.10. The van der Waals surface area contributed by atoms with E-state index in [2.05, 4.69) is 46.1 Å². The number of ether oxygens (including phenoxy) is 1. The molecule has 0 saturated heterocycles. The maximum absolute atomic E-state index is 5.52. The Morgan fingerprint density at radius 2 is 2.18 bits per heavy atom. The van der Waals surface area contributed by atoms with Gasteiger partial charge >= 0.3 is 0 Å². The van der Waals surface area contributed by atoms with E-state index in [1.165, 1.54) is 0 Å². The summed E-state index contributed by atoms with van der Waals surface area (Å²) in [6, 6.07) is 2.05. The van der Waals surface area contributed by atoms with Crippen LogP contribution in [0.25, 0.3) is 0 Å². The zero-order chi connectivity index (χ0) is 12.7. The van der Waals surface area contributed by atoms with Crippen molar-refractivity contribution in [2.45, 2.75) is 27.2 Å². The van der Waals surface area contributed by atoms with Crippen LogP contribution in [-0.4, -0.2) is 24.7 Å². The molecule has 3 nitrogen and oxygen atoms in total. The molecule has 96 valence electrons. The minimum atomic E-state index is 0.705. The Morgan fingerprint density at radius 3 is 2.82 bits per heavy atom. The highest BCUT2D eigenvalue weighted by Crippen LogP contribution is 2.19. The van der Waals surface area contributed by atoms with E-state index in [0.717, 1.165) is 35.4 Å². The minimum absolute atomic E-state index is 0.705. The molecule has 0 aliphatic carbocycles. The molecule has 1 heterocycles. The number of anilines is 1. The Bertz CT molecular complexity index is 342. The van der Waals surface area contributed by atoms with Gasteiger partial charge in [-0.15, -0.1) is 0 Å². The van der Waals surface area contributed by atoms with E-state index in [0.29, 0.717) is 12.5 Å². The van der Waals surface area contributed by atoms with Gasteiger partial charge in [-0.25, -0.2) is 4.98 Å². The van der Waals surface area contributed by atoms with Crippen molar-refractivity contribution in [1.29, 1.82) is 0 Å². The normalized spacial score (nSPS) is 10.9. The topological polar surface area (TPSA) is 34.2 Å². The van der Waals surface area contributed by atoms with E-state index in [1.54, 1.807) is 0 Å². The van der Waals surface area contributed by atoms with Crippen LogP contribution in [0.2, 0.25) is 0 Å². The number of nitrogens with one attached hydrogen (secondary N) is 1. The highest BCUT2D eigenvalue weighted by atomic mass is 79.9. The lowest BCUT2D eigenvalue weighted by Gasteiger charge is -2.09. The lowest BCUT2D eigenvalue weighted by molar-refractivity contribution is 0.132. The number of hydrogen-bond acceptors (Lipinski definition) is 3. The predicted molar refractivity (Wildman–Crippen MR) is 75.4 cm³/mol. The van der Waals surface area contributed by atoms with E-state index in [4.69, 9.17) is 4.74 Å². The largest absolute Gasteiger partial charge is 0.380 e. The maximum atomic E-state index is 5.52. The second-order valence-electron chi connectivity index (χ2n) is 4.56. The Balaban J connectivity index is 2.18. The van der Waals surface area contributed by atoms with Crippen LogP contribution < -0.4 is 5.32 Å². The van der Waals surface area contributed by atoms with Crippen LogP contribution in [0.5, 0.6) is 0 Å². The zero-order valence-corrected chi connectivity index (χ0v) is 12.4. The van der Waals surface area contributed by atoms with Gasteiger partial charge in [-0.05, 0) is 46.8 Å². The molecule has 0 spiro atoms. The van der Waals surface area contributed by atoms with Crippen molar-refractivity contribution in [3.63, 3.8) is 0 Å². The van der Waals surface area contributed by atoms with Crippen LogP contribution in [0.1, 0.15) is 25.8 Å². The molecule has 0 atom stereocenters. The maximum Gasteiger partial charge on any atom is 0.140 e. The van der Waals surface area contributed by atoms with Gasteiger partial charge in [0.15, 0.2) is 0 Å². The van der Waals surface area contributed by atoms with Gasteiger partial charge in [0, 0.05) is 19.3 Å². The SMILES string of the molecule is Cc1cnc(NCCOCCC(C)C)c(Br)c1. The fourth-order valence-electron chi connectivity index (χ4n) is 1.33. The first-order valence-electron chi connectivity index (χ1n) is 6.03.